The highest BCUT2D eigenvalue weighted by Gasteiger charge is 2.45. The number of hydrogen-bond donors (Lipinski definition) is 6. The molecule has 4 rings (SSSR count). The number of allylic oxidation sites excluding steroid dienone is 2. The summed E-state index contributed by atoms with van der Waals surface area (Å²) in [5.74, 6) is -0.910. The number of phenols is 1. The highest BCUT2D eigenvalue weighted by atomic mass is 16.7. The van der Waals surface area contributed by atoms with Gasteiger partial charge in [0.15, 0.2) is 5.76 Å². The lowest BCUT2D eigenvalue weighted by molar-refractivity contribution is -0.277. The molecule has 1 saturated heterocycles. The smallest absolute Gasteiger partial charge is 0.238 e. The minimum atomic E-state index is -1.70. The lowest BCUT2D eigenvalue weighted by Gasteiger charge is -2.39. The number of ether oxygens (including phenoxy) is 3. The molecule has 38 heavy (non-hydrogen) atoms. The number of phenolic OH excluding ortho intramolecular Hbond substituents is 1. The van der Waals surface area contributed by atoms with Crippen LogP contribution >= 0.6 is 0 Å². The van der Waals surface area contributed by atoms with Crippen LogP contribution in [-0.4, -0.2) is 75.1 Å². The van der Waals surface area contributed by atoms with Crippen LogP contribution in [0.5, 0.6) is 23.0 Å². The maximum atomic E-state index is 13.2. The number of aromatic hydroxyl groups is 2. The second-order valence-electron chi connectivity index (χ2n) is 9.21. The number of hydrogen-bond acceptors (Lipinski definition) is 11. The molecule has 1 aromatic heterocycles. The van der Waals surface area contributed by atoms with Crippen molar-refractivity contribution in [3.63, 3.8) is 0 Å². The maximum absolute atomic E-state index is 13.2. The minimum Gasteiger partial charge on any atom is -0.507 e. The molecule has 0 aliphatic carbocycles. The van der Waals surface area contributed by atoms with E-state index >= 15 is 0 Å². The van der Waals surface area contributed by atoms with Gasteiger partial charge >= 0.3 is 0 Å². The number of aliphatic hydroxyl groups excluding tert-OH is 4. The minimum absolute atomic E-state index is 0.0497. The van der Waals surface area contributed by atoms with Gasteiger partial charge in [-0.3, -0.25) is 4.79 Å². The van der Waals surface area contributed by atoms with Gasteiger partial charge in [0.1, 0.15) is 52.6 Å². The van der Waals surface area contributed by atoms with E-state index in [1.165, 1.54) is 7.11 Å². The Labute approximate surface area is 217 Å². The van der Waals surface area contributed by atoms with Crippen LogP contribution in [0.15, 0.2) is 51.2 Å². The van der Waals surface area contributed by atoms with Crippen LogP contribution < -0.4 is 14.9 Å². The van der Waals surface area contributed by atoms with Crippen LogP contribution in [0.3, 0.4) is 0 Å². The summed E-state index contributed by atoms with van der Waals surface area (Å²) in [6, 6.07) is 7.54. The predicted molar refractivity (Wildman–Crippen MR) is 135 cm³/mol. The van der Waals surface area contributed by atoms with Gasteiger partial charge in [0.05, 0.1) is 13.7 Å². The van der Waals surface area contributed by atoms with Gasteiger partial charge in [-0.15, -0.1) is 0 Å². The van der Waals surface area contributed by atoms with Gasteiger partial charge in [0.25, 0.3) is 0 Å². The number of aliphatic hydroxyl groups is 4. The second kappa shape index (κ2) is 11.0. The lowest BCUT2D eigenvalue weighted by Crippen LogP contribution is -2.60. The zero-order valence-electron chi connectivity index (χ0n) is 21.0. The fourth-order valence-electron chi connectivity index (χ4n) is 4.20. The van der Waals surface area contributed by atoms with Gasteiger partial charge in [-0.1, -0.05) is 11.6 Å². The van der Waals surface area contributed by atoms with Crippen LogP contribution in [0.1, 0.15) is 19.4 Å². The van der Waals surface area contributed by atoms with E-state index in [2.05, 4.69) is 0 Å². The first-order valence-corrected chi connectivity index (χ1v) is 11.9. The van der Waals surface area contributed by atoms with Crippen molar-refractivity contribution in [3.8, 4) is 34.3 Å². The summed E-state index contributed by atoms with van der Waals surface area (Å²) in [6.45, 7) is 3.05. The molecule has 0 radical (unpaired) electrons. The van der Waals surface area contributed by atoms with E-state index in [0.717, 1.165) is 11.6 Å². The lowest BCUT2D eigenvalue weighted by atomic mass is 9.99. The molecule has 2 aromatic carbocycles. The fraction of sp³-hybridized carbons (Fsp3) is 0.370. The first-order chi connectivity index (χ1) is 18.1. The number of benzene rings is 2. The average Bonchev–Trinajstić information content (AvgIpc) is 2.90. The van der Waals surface area contributed by atoms with Gasteiger partial charge in [-0.25, -0.2) is 0 Å². The summed E-state index contributed by atoms with van der Waals surface area (Å²) >= 11 is 0. The Hall–Kier alpha value is -3.61. The maximum Gasteiger partial charge on any atom is 0.238 e. The molecule has 0 bridgehead atoms. The first-order valence-electron chi connectivity index (χ1n) is 11.9. The van der Waals surface area contributed by atoms with Crippen molar-refractivity contribution < 1.29 is 49.3 Å². The van der Waals surface area contributed by atoms with Crippen molar-refractivity contribution in [3.05, 3.63) is 57.8 Å². The van der Waals surface area contributed by atoms with Crippen molar-refractivity contribution in [1.82, 2.24) is 0 Å². The molecule has 0 amide bonds. The first kappa shape index (κ1) is 27.4. The van der Waals surface area contributed by atoms with E-state index in [-0.39, 0.29) is 34.5 Å². The summed E-state index contributed by atoms with van der Waals surface area (Å²) < 4.78 is 22.5. The standard InChI is InChI=1S/C27H30O11/c1-12(2)4-9-15-17(36-27-24(34)22(32)20(30)18(11-28)37-27)10-16(29)19-21(31)23(33)25(38-26(15)19)13-5-7-14(35-3)8-6-13/h4-8,10,18,20,22,24,27-30,32-34H,9,11H2,1-3H3/t18-,20-,22+,24-,27?/m1/s1. The Bertz CT molecular complexity index is 1390. The number of rotatable bonds is 7. The molecule has 204 valence electrons. The summed E-state index contributed by atoms with van der Waals surface area (Å²) in [5, 5.41) is 61.3. The van der Waals surface area contributed by atoms with Crippen LogP contribution in [0, 0.1) is 0 Å². The predicted octanol–water partition coefficient (Wildman–Crippen LogP) is 1.57. The van der Waals surface area contributed by atoms with Gasteiger partial charge in [0.2, 0.25) is 17.5 Å². The Morgan fingerprint density at radius 3 is 2.34 bits per heavy atom. The summed E-state index contributed by atoms with van der Waals surface area (Å²) in [4.78, 5) is 13.2. The molecule has 0 saturated carbocycles. The van der Waals surface area contributed by atoms with E-state index in [0.29, 0.717) is 11.3 Å². The quantitative estimate of drug-likeness (QED) is 0.244. The van der Waals surface area contributed by atoms with E-state index in [4.69, 9.17) is 18.6 Å². The second-order valence-corrected chi connectivity index (χ2v) is 9.21. The molecule has 1 aliphatic rings. The highest BCUT2D eigenvalue weighted by molar-refractivity contribution is 5.91. The van der Waals surface area contributed by atoms with Gasteiger partial charge < -0.3 is 49.3 Å². The molecule has 11 nitrogen and oxygen atoms in total. The molecule has 2 heterocycles. The number of methoxy groups -OCH3 is 1. The normalized spacial score (nSPS) is 23.3. The zero-order valence-corrected chi connectivity index (χ0v) is 21.0. The third-order valence-electron chi connectivity index (χ3n) is 6.34. The third-order valence-corrected chi connectivity index (χ3v) is 6.34. The molecule has 1 aliphatic heterocycles. The largest absolute Gasteiger partial charge is 0.507 e. The topological polar surface area (TPSA) is 179 Å². The van der Waals surface area contributed by atoms with Crippen molar-refractivity contribution in [2.24, 2.45) is 0 Å². The van der Waals surface area contributed by atoms with Crippen molar-refractivity contribution >= 4 is 11.0 Å². The van der Waals surface area contributed by atoms with E-state index in [1.807, 2.05) is 19.9 Å². The summed E-state index contributed by atoms with van der Waals surface area (Å²) in [6.07, 6.45) is -5.77. The number of fused-ring (bicyclic) bond motifs is 1. The van der Waals surface area contributed by atoms with Crippen LogP contribution in [0.4, 0.5) is 0 Å². The molecular formula is C27H30O11. The van der Waals surface area contributed by atoms with Crippen molar-refractivity contribution in [2.75, 3.05) is 13.7 Å². The fourth-order valence-corrected chi connectivity index (χ4v) is 4.20. The van der Waals surface area contributed by atoms with E-state index in [9.17, 15) is 35.4 Å². The molecular weight excluding hydrogens is 500 g/mol. The molecule has 6 N–H and O–H groups in total. The highest BCUT2D eigenvalue weighted by Crippen LogP contribution is 2.40. The Balaban J connectivity index is 1.90. The van der Waals surface area contributed by atoms with E-state index < -0.39 is 54.2 Å². The molecule has 11 heteroatoms. The van der Waals surface area contributed by atoms with E-state index in [1.54, 1.807) is 24.3 Å². The molecule has 1 fully saturated rings. The third kappa shape index (κ3) is 5.06. The monoisotopic (exact) mass is 530 g/mol. The Kier molecular flexibility index (Phi) is 7.95. The Morgan fingerprint density at radius 2 is 1.74 bits per heavy atom. The average molecular weight is 531 g/mol. The molecule has 0 spiro atoms. The summed E-state index contributed by atoms with van der Waals surface area (Å²) in [5.41, 5.74) is 0.627. The van der Waals surface area contributed by atoms with Crippen molar-refractivity contribution in [1.29, 1.82) is 0 Å². The Morgan fingerprint density at radius 1 is 1.05 bits per heavy atom. The van der Waals surface area contributed by atoms with Crippen LogP contribution in [-0.2, 0) is 11.2 Å². The SMILES string of the molecule is COc1ccc(-c2oc3c(CC=C(C)C)c(OC4O[C@H](CO)[C@@H](O)[C@H](O)[C@H]4O)cc(O)c3c(=O)c2O)cc1. The van der Waals surface area contributed by atoms with Gasteiger partial charge in [-0.05, 0) is 44.5 Å². The zero-order chi connectivity index (χ0) is 27.7. The van der Waals surface area contributed by atoms with Gasteiger partial charge in [0, 0.05) is 17.2 Å². The van der Waals surface area contributed by atoms with Crippen LogP contribution in [0.25, 0.3) is 22.3 Å². The van der Waals surface area contributed by atoms with Crippen molar-refractivity contribution in [2.45, 2.75) is 51.0 Å². The van der Waals surface area contributed by atoms with Crippen LogP contribution in [0.2, 0.25) is 0 Å². The van der Waals surface area contributed by atoms with Gasteiger partial charge in [-0.2, -0.15) is 0 Å². The molecule has 1 unspecified atom stereocenters. The molecule has 3 aromatic rings. The summed E-state index contributed by atoms with van der Waals surface area (Å²) in [7, 11) is 1.50. The molecule has 5 atom stereocenters.